The van der Waals surface area contributed by atoms with Gasteiger partial charge in [0.15, 0.2) is 0 Å². The molecule has 1 rings (SSSR count). The van der Waals surface area contributed by atoms with E-state index >= 15 is 0 Å². The monoisotopic (exact) mass is 228 g/mol. The molecule has 0 saturated carbocycles. The van der Waals surface area contributed by atoms with Gasteiger partial charge < -0.3 is 10.1 Å². The Morgan fingerprint density at radius 1 is 1.38 bits per heavy atom. The predicted octanol–water partition coefficient (Wildman–Crippen LogP) is 1.73. The van der Waals surface area contributed by atoms with Gasteiger partial charge in [0.25, 0.3) is 0 Å². The van der Waals surface area contributed by atoms with Crippen LogP contribution < -0.4 is 5.32 Å². The summed E-state index contributed by atoms with van der Waals surface area (Å²) in [4.78, 5) is 2.51. The van der Waals surface area contributed by atoms with Crippen molar-refractivity contribution in [2.45, 2.75) is 39.7 Å². The molecule has 1 N–H and O–H groups in total. The highest BCUT2D eigenvalue weighted by Gasteiger charge is 2.16. The molecule has 0 spiro atoms. The minimum absolute atomic E-state index is 0.685. The van der Waals surface area contributed by atoms with Gasteiger partial charge in [0.1, 0.15) is 0 Å². The van der Waals surface area contributed by atoms with Crippen LogP contribution in [0.25, 0.3) is 0 Å². The molecule has 1 saturated heterocycles. The smallest absolute Gasteiger partial charge is 0.0593 e. The van der Waals surface area contributed by atoms with Crippen molar-refractivity contribution in [2.75, 3.05) is 39.4 Å². The van der Waals surface area contributed by atoms with E-state index in [9.17, 15) is 0 Å². The van der Waals surface area contributed by atoms with E-state index in [0.29, 0.717) is 6.04 Å². The molecular weight excluding hydrogens is 200 g/mol. The van der Waals surface area contributed by atoms with Crippen LogP contribution in [0.1, 0.15) is 33.6 Å². The van der Waals surface area contributed by atoms with Crippen molar-refractivity contribution in [1.82, 2.24) is 10.2 Å². The fourth-order valence-electron chi connectivity index (χ4n) is 1.99. The number of piperazine rings is 1. The van der Waals surface area contributed by atoms with Crippen molar-refractivity contribution in [1.29, 1.82) is 0 Å². The maximum absolute atomic E-state index is 5.65. The van der Waals surface area contributed by atoms with E-state index in [0.717, 1.165) is 32.2 Å². The Kier molecular flexibility index (Phi) is 7.01. The third kappa shape index (κ3) is 5.83. The Morgan fingerprint density at radius 2 is 2.19 bits per heavy atom. The molecule has 1 fully saturated rings. The summed E-state index contributed by atoms with van der Waals surface area (Å²) in [6, 6.07) is 0.685. The number of ether oxygens (including phenoxy) is 1. The zero-order chi connectivity index (χ0) is 11.8. The van der Waals surface area contributed by atoms with E-state index in [-0.39, 0.29) is 0 Å². The molecule has 96 valence electrons. The van der Waals surface area contributed by atoms with Gasteiger partial charge in [0.05, 0.1) is 6.61 Å². The molecule has 3 heteroatoms. The third-order valence-electron chi connectivity index (χ3n) is 3.22. The SMILES string of the molecule is CCC1CN(CCOCCC(C)C)CCN1. The second-order valence-corrected chi connectivity index (χ2v) is 5.15. The van der Waals surface area contributed by atoms with Crippen molar-refractivity contribution in [3.8, 4) is 0 Å². The maximum Gasteiger partial charge on any atom is 0.0593 e. The standard InChI is InChI=1S/C13H28N2O/c1-4-13-11-15(7-6-14-13)8-10-16-9-5-12(2)3/h12-14H,4-11H2,1-3H3. The summed E-state index contributed by atoms with van der Waals surface area (Å²) in [6.45, 7) is 13.1. The normalized spacial score (nSPS) is 22.9. The maximum atomic E-state index is 5.65. The van der Waals surface area contributed by atoms with Crippen molar-refractivity contribution < 1.29 is 4.74 Å². The molecule has 0 radical (unpaired) electrons. The molecular formula is C13H28N2O. The molecule has 1 aliphatic heterocycles. The fourth-order valence-corrected chi connectivity index (χ4v) is 1.99. The van der Waals surface area contributed by atoms with Crippen LogP contribution in [-0.2, 0) is 4.74 Å². The molecule has 16 heavy (non-hydrogen) atoms. The average Bonchev–Trinajstić information content (AvgIpc) is 2.28. The molecule has 0 aromatic rings. The Morgan fingerprint density at radius 3 is 2.88 bits per heavy atom. The topological polar surface area (TPSA) is 24.5 Å². The highest BCUT2D eigenvalue weighted by Crippen LogP contribution is 2.02. The first kappa shape index (κ1) is 13.9. The third-order valence-corrected chi connectivity index (χ3v) is 3.22. The summed E-state index contributed by atoms with van der Waals surface area (Å²) in [7, 11) is 0. The fraction of sp³-hybridized carbons (Fsp3) is 1.00. The largest absolute Gasteiger partial charge is 0.380 e. The van der Waals surface area contributed by atoms with E-state index in [4.69, 9.17) is 4.74 Å². The second-order valence-electron chi connectivity index (χ2n) is 5.15. The molecule has 3 nitrogen and oxygen atoms in total. The molecule has 1 heterocycles. The second kappa shape index (κ2) is 8.04. The Hall–Kier alpha value is -0.120. The molecule has 0 amide bonds. The van der Waals surface area contributed by atoms with E-state index < -0.39 is 0 Å². The van der Waals surface area contributed by atoms with Crippen LogP contribution in [0, 0.1) is 5.92 Å². The van der Waals surface area contributed by atoms with Crippen molar-refractivity contribution in [3.05, 3.63) is 0 Å². The molecule has 0 aliphatic carbocycles. The van der Waals surface area contributed by atoms with Crippen LogP contribution in [0.2, 0.25) is 0 Å². The van der Waals surface area contributed by atoms with Crippen LogP contribution in [0.15, 0.2) is 0 Å². The molecule has 1 aliphatic rings. The zero-order valence-electron chi connectivity index (χ0n) is 11.2. The van der Waals surface area contributed by atoms with Crippen molar-refractivity contribution >= 4 is 0 Å². The summed E-state index contributed by atoms with van der Waals surface area (Å²) in [5.41, 5.74) is 0. The average molecular weight is 228 g/mol. The van der Waals surface area contributed by atoms with Crippen LogP contribution in [0.5, 0.6) is 0 Å². The lowest BCUT2D eigenvalue weighted by Gasteiger charge is -2.33. The lowest BCUT2D eigenvalue weighted by atomic mass is 10.1. The van der Waals surface area contributed by atoms with Gasteiger partial charge in [0, 0.05) is 38.8 Å². The van der Waals surface area contributed by atoms with Crippen molar-refractivity contribution in [2.24, 2.45) is 5.92 Å². The Bertz CT molecular complexity index is 173. The van der Waals surface area contributed by atoms with Gasteiger partial charge in [0.2, 0.25) is 0 Å². The summed E-state index contributed by atoms with van der Waals surface area (Å²) in [5, 5.41) is 3.53. The van der Waals surface area contributed by atoms with Gasteiger partial charge in [-0.1, -0.05) is 20.8 Å². The molecule has 1 unspecified atom stereocenters. The Labute approximate surface area is 101 Å². The van der Waals surface area contributed by atoms with Crippen LogP contribution in [-0.4, -0.2) is 50.3 Å². The van der Waals surface area contributed by atoms with Gasteiger partial charge >= 0.3 is 0 Å². The molecule has 0 aromatic carbocycles. The van der Waals surface area contributed by atoms with E-state index in [2.05, 4.69) is 31.0 Å². The van der Waals surface area contributed by atoms with Gasteiger partial charge in [-0.25, -0.2) is 0 Å². The van der Waals surface area contributed by atoms with Gasteiger partial charge in [-0.15, -0.1) is 0 Å². The predicted molar refractivity (Wildman–Crippen MR) is 68.8 cm³/mol. The molecule has 0 bridgehead atoms. The summed E-state index contributed by atoms with van der Waals surface area (Å²) in [5.74, 6) is 0.753. The van der Waals surface area contributed by atoms with Crippen LogP contribution >= 0.6 is 0 Å². The Balaban J connectivity index is 1.99. The molecule has 0 aromatic heterocycles. The van der Waals surface area contributed by atoms with Crippen molar-refractivity contribution in [3.63, 3.8) is 0 Å². The zero-order valence-corrected chi connectivity index (χ0v) is 11.2. The lowest BCUT2D eigenvalue weighted by Crippen LogP contribution is -2.51. The van der Waals surface area contributed by atoms with E-state index in [1.54, 1.807) is 0 Å². The van der Waals surface area contributed by atoms with Gasteiger partial charge in [-0.3, -0.25) is 4.90 Å². The lowest BCUT2D eigenvalue weighted by molar-refractivity contribution is 0.0852. The number of hydrogen-bond acceptors (Lipinski definition) is 3. The van der Waals surface area contributed by atoms with Crippen LogP contribution in [0.4, 0.5) is 0 Å². The van der Waals surface area contributed by atoms with Crippen LogP contribution in [0.3, 0.4) is 0 Å². The minimum atomic E-state index is 0.685. The number of nitrogens with one attached hydrogen (secondary N) is 1. The first-order valence-corrected chi connectivity index (χ1v) is 6.75. The highest BCUT2D eigenvalue weighted by molar-refractivity contribution is 4.76. The summed E-state index contributed by atoms with van der Waals surface area (Å²) < 4.78 is 5.65. The quantitative estimate of drug-likeness (QED) is 0.672. The van der Waals surface area contributed by atoms with Gasteiger partial charge in [-0.2, -0.15) is 0 Å². The highest BCUT2D eigenvalue weighted by atomic mass is 16.5. The summed E-state index contributed by atoms with van der Waals surface area (Å²) in [6.07, 6.45) is 2.41. The number of rotatable bonds is 7. The first-order chi connectivity index (χ1) is 7.72. The minimum Gasteiger partial charge on any atom is -0.380 e. The molecule has 1 atom stereocenters. The first-order valence-electron chi connectivity index (χ1n) is 6.75. The summed E-state index contributed by atoms with van der Waals surface area (Å²) >= 11 is 0. The van der Waals surface area contributed by atoms with Gasteiger partial charge in [-0.05, 0) is 18.8 Å². The van der Waals surface area contributed by atoms with E-state index in [1.807, 2.05) is 0 Å². The van der Waals surface area contributed by atoms with E-state index in [1.165, 1.54) is 25.9 Å². The number of hydrogen-bond donors (Lipinski definition) is 1. The number of nitrogens with zero attached hydrogens (tertiary/aromatic N) is 1.